The van der Waals surface area contributed by atoms with Crippen molar-refractivity contribution < 1.29 is 12.8 Å². The molecule has 1 aliphatic heterocycles. The first-order valence-corrected chi connectivity index (χ1v) is 15.1. The normalized spacial score (nSPS) is 16.8. The Morgan fingerprint density at radius 2 is 1.59 bits per heavy atom. The third kappa shape index (κ3) is 5.45. The summed E-state index contributed by atoms with van der Waals surface area (Å²) >= 11 is 0. The van der Waals surface area contributed by atoms with Gasteiger partial charge in [0.1, 0.15) is 6.10 Å². The Labute approximate surface area is 194 Å². The summed E-state index contributed by atoms with van der Waals surface area (Å²) in [5, 5.41) is 0.0232. The third-order valence-electron chi connectivity index (χ3n) is 6.06. The van der Waals surface area contributed by atoms with Gasteiger partial charge in [0.05, 0.1) is 4.90 Å². The molecule has 3 rings (SSSR count). The van der Waals surface area contributed by atoms with Crippen LogP contribution in [0.3, 0.4) is 0 Å². The molecule has 6 heteroatoms. The molecule has 2 aromatic carbocycles. The highest BCUT2D eigenvalue weighted by molar-refractivity contribution is 7.89. The van der Waals surface area contributed by atoms with E-state index in [4.69, 9.17) is 4.43 Å². The molecule has 0 saturated carbocycles. The third-order valence-corrected chi connectivity index (χ3v) is 12.3. The minimum absolute atomic E-state index is 0.0232. The molecule has 32 heavy (non-hydrogen) atoms. The van der Waals surface area contributed by atoms with E-state index in [1.807, 2.05) is 31.2 Å². The van der Waals surface area contributed by atoms with Crippen molar-refractivity contribution in [2.24, 2.45) is 0 Å². The van der Waals surface area contributed by atoms with Gasteiger partial charge in [-0.05, 0) is 55.2 Å². The van der Waals surface area contributed by atoms with Crippen molar-refractivity contribution >= 4 is 18.3 Å². The SMILES string of the molecule is Cc1ccc(S(=O)(=O)N2C#Cc3ccccc3C#CC(O[Si](C)(C)C(C)(C)C)CC2)cc1. The van der Waals surface area contributed by atoms with E-state index in [0.29, 0.717) is 12.0 Å². The second kappa shape index (κ2) is 9.15. The molecule has 0 spiro atoms. The van der Waals surface area contributed by atoms with Crippen molar-refractivity contribution in [3.8, 4) is 23.8 Å². The summed E-state index contributed by atoms with van der Waals surface area (Å²) in [4.78, 5) is 0.232. The fraction of sp³-hybridized carbons (Fsp3) is 0.385. The average molecular weight is 466 g/mol. The monoisotopic (exact) mass is 465 g/mol. The maximum Gasteiger partial charge on any atom is 0.270 e. The van der Waals surface area contributed by atoms with E-state index in [0.717, 1.165) is 11.1 Å². The number of fused-ring (bicyclic) bond motifs is 1. The zero-order valence-corrected chi connectivity index (χ0v) is 21.5. The van der Waals surface area contributed by atoms with E-state index in [9.17, 15) is 8.42 Å². The predicted octanol–water partition coefficient (Wildman–Crippen LogP) is 5.14. The van der Waals surface area contributed by atoms with E-state index < -0.39 is 18.3 Å². The maximum absolute atomic E-state index is 13.4. The molecule has 2 aromatic rings. The van der Waals surface area contributed by atoms with Crippen LogP contribution in [0.4, 0.5) is 0 Å². The fourth-order valence-corrected chi connectivity index (χ4v) is 5.47. The maximum atomic E-state index is 13.4. The van der Waals surface area contributed by atoms with E-state index >= 15 is 0 Å². The van der Waals surface area contributed by atoms with Gasteiger partial charge >= 0.3 is 0 Å². The summed E-state index contributed by atoms with van der Waals surface area (Å²) in [6, 6.07) is 17.3. The number of hydrogen-bond donors (Lipinski definition) is 0. The lowest BCUT2D eigenvalue weighted by Crippen LogP contribution is -2.44. The van der Waals surface area contributed by atoms with Crippen molar-refractivity contribution in [3.63, 3.8) is 0 Å². The highest BCUT2D eigenvalue weighted by atomic mass is 32.2. The molecule has 0 amide bonds. The lowest BCUT2D eigenvalue weighted by atomic mass is 10.1. The Morgan fingerprint density at radius 1 is 1.00 bits per heavy atom. The van der Waals surface area contributed by atoms with Gasteiger partial charge in [0.15, 0.2) is 8.32 Å². The van der Waals surface area contributed by atoms with Crippen LogP contribution in [0.25, 0.3) is 0 Å². The zero-order chi connectivity index (χ0) is 23.6. The molecule has 1 aliphatic rings. The van der Waals surface area contributed by atoms with Gasteiger partial charge in [0.25, 0.3) is 10.0 Å². The van der Waals surface area contributed by atoms with Crippen LogP contribution in [0, 0.1) is 30.7 Å². The minimum atomic E-state index is -3.78. The molecule has 0 bridgehead atoms. The first-order valence-electron chi connectivity index (χ1n) is 10.8. The van der Waals surface area contributed by atoms with Gasteiger partial charge in [-0.2, -0.15) is 0 Å². The lowest BCUT2D eigenvalue weighted by Gasteiger charge is -2.38. The van der Waals surface area contributed by atoms with Crippen LogP contribution < -0.4 is 0 Å². The molecular weight excluding hydrogens is 434 g/mol. The van der Waals surface area contributed by atoms with Gasteiger partial charge in [-0.15, -0.1) is 0 Å². The van der Waals surface area contributed by atoms with Crippen molar-refractivity contribution in [2.75, 3.05) is 6.54 Å². The number of hydrogen-bond acceptors (Lipinski definition) is 3. The van der Waals surface area contributed by atoms with E-state index in [1.165, 1.54) is 4.31 Å². The molecule has 1 heterocycles. The first kappa shape index (κ1) is 24.1. The van der Waals surface area contributed by atoms with E-state index in [1.54, 1.807) is 24.3 Å². The first-order chi connectivity index (χ1) is 14.9. The summed E-state index contributed by atoms with van der Waals surface area (Å²) in [5.41, 5.74) is 2.48. The van der Waals surface area contributed by atoms with Gasteiger partial charge in [-0.1, -0.05) is 62.4 Å². The molecule has 168 valence electrons. The summed E-state index contributed by atoms with van der Waals surface area (Å²) in [5.74, 6) is 9.51. The quantitative estimate of drug-likeness (QED) is 0.464. The van der Waals surface area contributed by atoms with E-state index in [-0.39, 0.29) is 22.6 Å². The molecule has 0 fully saturated rings. The smallest absolute Gasteiger partial charge is 0.270 e. The van der Waals surface area contributed by atoms with Gasteiger partial charge in [0.2, 0.25) is 0 Å². The summed E-state index contributed by atoms with van der Waals surface area (Å²) in [6.07, 6.45) is 0.0705. The van der Waals surface area contributed by atoms with Gasteiger partial charge in [-0.25, -0.2) is 12.7 Å². The highest BCUT2D eigenvalue weighted by Crippen LogP contribution is 2.37. The number of rotatable bonds is 4. The second-order valence-corrected chi connectivity index (χ2v) is 16.2. The van der Waals surface area contributed by atoms with Gasteiger partial charge in [-0.3, -0.25) is 0 Å². The minimum Gasteiger partial charge on any atom is -0.403 e. The van der Waals surface area contributed by atoms with Crippen LogP contribution in [0.15, 0.2) is 53.4 Å². The molecule has 4 nitrogen and oxygen atoms in total. The van der Waals surface area contributed by atoms with Gasteiger partial charge < -0.3 is 4.43 Å². The fourth-order valence-electron chi connectivity index (χ4n) is 2.98. The van der Waals surface area contributed by atoms with Crippen LogP contribution in [0.1, 0.15) is 43.9 Å². The molecule has 1 atom stereocenters. The van der Waals surface area contributed by atoms with Crippen molar-refractivity contribution in [1.82, 2.24) is 4.31 Å². The largest absolute Gasteiger partial charge is 0.403 e. The van der Waals surface area contributed by atoms with Crippen LogP contribution >= 0.6 is 0 Å². The standard InChI is InChI=1S/C26H31NO3SSi/c1-21-11-15-25(16-12-21)31(28,29)27-19-17-23-10-8-7-9-22(23)13-14-24(18-20-27)30-32(5,6)26(2,3)4/h7-12,15-16,24H,18,20H2,1-6H3. The Hall–Kier alpha value is -2.51. The van der Waals surface area contributed by atoms with Crippen molar-refractivity contribution in [3.05, 3.63) is 65.2 Å². The van der Waals surface area contributed by atoms with Gasteiger partial charge in [0, 0.05) is 30.1 Å². The van der Waals surface area contributed by atoms with Crippen molar-refractivity contribution in [2.45, 2.75) is 63.2 Å². The summed E-state index contributed by atoms with van der Waals surface area (Å²) in [7, 11) is -5.87. The molecular formula is C26H31NO3SSi. The van der Waals surface area contributed by atoms with Crippen molar-refractivity contribution in [1.29, 1.82) is 0 Å². The topological polar surface area (TPSA) is 46.6 Å². The summed E-state index contributed by atoms with van der Waals surface area (Å²) in [6.45, 7) is 13.0. The van der Waals surface area contributed by atoms with Crippen LogP contribution in [0.2, 0.25) is 18.1 Å². The Kier molecular flexibility index (Phi) is 6.90. The predicted molar refractivity (Wildman–Crippen MR) is 132 cm³/mol. The summed E-state index contributed by atoms with van der Waals surface area (Å²) < 4.78 is 34.6. The molecule has 0 saturated heterocycles. The number of aryl methyl sites for hydroxylation is 1. The number of sulfonamides is 1. The van der Waals surface area contributed by atoms with Crippen LogP contribution in [-0.4, -0.2) is 33.7 Å². The number of nitrogens with zero attached hydrogens (tertiary/aromatic N) is 1. The lowest BCUT2D eigenvalue weighted by molar-refractivity contribution is 0.218. The molecule has 0 aliphatic carbocycles. The molecule has 0 radical (unpaired) electrons. The number of benzene rings is 2. The van der Waals surface area contributed by atoms with E-state index in [2.05, 4.69) is 57.7 Å². The Bertz CT molecular complexity index is 1200. The highest BCUT2D eigenvalue weighted by Gasteiger charge is 2.39. The average Bonchev–Trinajstić information content (AvgIpc) is 2.71. The Balaban J connectivity index is 2.03. The van der Waals surface area contributed by atoms with Crippen LogP contribution in [0.5, 0.6) is 0 Å². The molecule has 0 aromatic heterocycles. The molecule has 1 unspecified atom stereocenters. The second-order valence-electron chi connectivity index (χ2n) is 9.60. The van der Waals surface area contributed by atoms with Crippen LogP contribution in [-0.2, 0) is 14.4 Å². The Morgan fingerprint density at radius 3 is 2.19 bits per heavy atom. The molecule has 0 N–H and O–H groups in total. The zero-order valence-electron chi connectivity index (χ0n) is 19.7.